The minimum Gasteiger partial charge on any atom is -0.394 e. The molecule has 0 aromatic carbocycles. The van der Waals surface area contributed by atoms with Gasteiger partial charge in [0.25, 0.3) is 0 Å². The summed E-state index contributed by atoms with van der Waals surface area (Å²) in [7, 11) is 0. The van der Waals surface area contributed by atoms with Crippen LogP contribution in [0, 0.1) is 5.41 Å². The van der Waals surface area contributed by atoms with Gasteiger partial charge in [0.1, 0.15) is 0 Å². The van der Waals surface area contributed by atoms with Gasteiger partial charge < -0.3 is 16.2 Å². The van der Waals surface area contributed by atoms with Gasteiger partial charge in [0, 0.05) is 5.54 Å². The maximum Gasteiger partial charge on any atom is 0.227 e. The second-order valence-electron chi connectivity index (χ2n) is 5.84. The van der Waals surface area contributed by atoms with E-state index < -0.39 is 16.5 Å². The molecule has 0 aliphatic carbocycles. The van der Waals surface area contributed by atoms with Crippen molar-refractivity contribution in [2.24, 2.45) is 11.1 Å². The van der Waals surface area contributed by atoms with Gasteiger partial charge in [-0.3, -0.25) is 4.79 Å². The van der Waals surface area contributed by atoms with Gasteiger partial charge in [-0.25, -0.2) is 0 Å². The summed E-state index contributed by atoms with van der Waals surface area (Å²) in [5.74, 6) is -0.144. The van der Waals surface area contributed by atoms with Gasteiger partial charge in [-0.2, -0.15) is 0 Å². The summed E-state index contributed by atoms with van der Waals surface area (Å²) in [5.41, 5.74) is 4.05. The zero-order valence-corrected chi connectivity index (χ0v) is 10.6. The molecule has 0 aromatic heterocycles. The van der Waals surface area contributed by atoms with Gasteiger partial charge in [0.2, 0.25) is 5.91 Å². The number of rotatable bonds is 4. The zero-order valence-electron chi connectivity index (χ0n) is 10.6. The van der Waals surface area contributed by atoms with Crippen molar-refractivity contribution in [1.29, 1.82) is 0 Å². The van der Waals surface area contributed by atoms with Crippen LogP contribution in [0.25, 0.3) is 0 Å². The second kappa shape index (κ2) is 4.10. The Kier molecular flexibility index (Phi) is 3.93. The van der Waals surface area contributed by atoms with Crippen molar-refractivity contribution in [3.63, 3.8) is 0 Å². The van der Waals surface area contributed by atoms with Crippen LogP contribution in [0.15, 0.2) is 0 Å². The number of aliphatic hydroxyl groups is 1. The quantitative estimate of drug-likeness (QED) is 0.645. The topological polar surface area (TPSA) is 75.3 Å². The third kappa shape index (κ3) is 3.47. The lowest BCUT2D eigenvalue weighted by Gasteiger charge is -2.39. The number of amides is 1. The molecule has 4 nitrogen and oxygen atoms in total. The van der Waals surface area contributed by atoms with Gasteiger partial charge in [-0.15, -0.1) is 0 Å². The third-order valence-electron chi connectivity index (χ3n) is 3.03. The lowest BCUT2D eigenvalue weighted by atomic mass is 9.74. The number of aliphatic hydroxyl groups excluding tert-OH is 1. The van der Waals surface area contributed by atoms with Crippen LogP contribution in [0.4, 0.5) is 0 Å². The van der Waals surface area contributed by atoms with Crippen LogP contribution in [-0.2, 0) is 4.79 Å². The molecule has 0 fully saturated rings. The predicted molar refractivity (Wildman–Crippen MR) is 61.4 cm³/mol. The Bertz CT molecular complexity index is 239. The molecule has 15 heavy (non-hydrogen) atoms. The molecular formula is C11H24N2O2. The van der Waals surface area contributed by atoms with Gasteiger partial charge in [-0.1, -0.05) is 0 Å². The molecule has 0 bridgehead atoms. The van der Waals surface area contributed by atoms with E-state index in [2.05, 4.69) is 5.32 Å². The minimum absolute atomic E-state index is 0.0974. The molecule has 0 rings (SSSR count). The Balaban J connectivity index is 4.74. The Labute approximate surface area is 92.2 Å². The lowest BCUT2D eigenvalue weighted by Crippen LogP contribution is -2.59. The molecule has 0 spiro atoms. The fourth-order valence-corrected chi connectivity index (χ4v) is 0.796. The van der Waals surface area contributed by atoms with Crippen molar-refractivity contribution < 1.29 is 9.90 Å². The van der Waals surface area contributed by atoms with Crippen LogP contribution in [0.2, 0.25) is 0 Å². The number of carbonyl (C=O) groups is 1. The molecule has 0 aliphatic heterocycles. The molecule has 0 radical (unpaired) electrons. The maximum absolute atomic E-state index is 12.0. The third-order valence-corrected chi connectivity index (χ3v) is 3.03. The average Bonchev–Trinajstić information content (AvgIpc) is 2.01. The number of nitrogens with one attached hydrogen (secondary N) is 1. The van der Waals surface area contributed by atoms with E-state index in [1.54, 1.807) is 27.7 Å². The molecule has 1 amide bonds. The van der Waals surface area contributed by atoms with Gasteiger partial charge >= 0.3 is 0 Å². The summed E-state index contributed by atoms with van der Waals surface area (Å²) in [4.78, 5) is 12.0. The molecule has 0 saturated heterocycles. The number of carbonyl (C=O) groups excluding carboxylic acids is 1. The first kappa shape index (κ1) is 14.4. The SMILES string of the molecule is CC(C)(CO)NC(=O)C(C)(C)C(C)(C)N. The summed E-state index contributed by atoms with van der Waals surface area (Å²) < 4.78 is 0. The van der Waals surface area contributed by atoms with Crippen LogP contribution in [-0.4, -0.2) is 28.7 Å². The lowest BCUT2D eigenvalue weighted by molar-refractivity contribution is -0.134. The number of nitrogens with two attached hydrogens (primary N) is 1. The summed E-state index contributed by atoms with van der Waals surface area (Å²) >= 11 is 0. The van der Waals surface area contributed by atoms with E-state index >= 15 is 0 Å². The highest BCUT2D eigenvalue weighted by Crippen LogP contribution is 2.28. The first-order valence-electron chi connectivity index (χ1n) is 5.16. The van der Waals surface area contributed by atoms with E-state index in [1.807, 2.05) is 13.8 Å². The van der Waals surface area contributed by atoms with Crippen LogP contribution in [0.1, 0.15) is 41.5 Å². The summed E-state index contributed by atoms with van der Waals surface area (Å²) in [6.07, 6.45) is 0. The molecule has 4 N–H and O–H groups in total. The smallest absolute Gasteiger partial charge is 0.227 e. The highest BCUT2D eigenvalue weighted by Gasteiger charge is 2.41. The van der Waals surface area contributed by atoms with Crippen molar-refractivity contribution in [3.05, 3.63) is 0 Å². The van der Waals surface area contributed by atoms with Crippen molar-refractivity contribution in [2.45, 2.75) is 52.6 Å². The Morgan fingerprint density at radius 2 is 1.60 bits per heavy atom. The fraction of sp³-hybridized carbons (Fsp3) is 0.909. The molecule has 0 aliphatic rings. The molecular weight excluding hydrogens is 192 g/mol. The molecule has 90 valence electrons. The average molecular weight is 216 g/mol. The van der Waals surface area contributed by atoms with Crippen LogP contribution in [0.5, 0.6) is 0 Å². The van der Waals surface area contributed by atoms with Crippen LogP contribution >= 0.6 is 0 Å². The van der Waals surface area contributed by atoms with E-state index in [1.165, 1.54) is 0 Å². The van der Waals surface area contributed by atoms with Crippen molar-refractivity contribution >= 4 is 5.91 Å². The minimum atomic E-state index is -0.681. The Morgan fingerprint density at radius 1 is 1.20 bits per heavy atom. The second-order valence-corrected chi connectivity index (χ2v) is 5.84. The van der Waals surface area contributed by atoms with Gasteiger partial charge in [0.05, 0.1) is 17.6 Å². The van der Waals surface area contributed by atoms with E-state index in [9.17, 15) is 4.79 Å². The van der Waals surface area contributed by atoms with Crippen molar-refractivity contribution in [2.75, 3.05) is 6.61 Å². The van der Waals surface area contributed by atoms with Crippen LogP contribution < -0.4 is 11.1 Å². The first-order chi connectivity index (χ1) is 6.44. The maximum atomic E-state index is 12.0. The van der Waals surface area contributed by atoms with Crippen LogP contribution in [0.3, 0.4) is 0 Å². The molecule has 0 heterocycles. The molecule has 4 heteroatoms. The normalized spacial score (nSPS) is 13.9. The van der Waals surface area contributed by atoms with E-state index in [-0.39, 0.29) is 12.5 Å². The van der Waals surface area contributed by atoms with Crippen molar-refractivity contribution in [3.8, 4) is 0 Å². The van der Waals surface area contributed by atoms with Crippen molar-refractivity contribution in [1.82, 2.24) is 5.32 Å². The summed E-state index contributed by atoms with van der Waals surface area (Å²) in [5, 5.41) is 11.8. The molecule has 0 atom stereocenters. The highest BCUT2D eigenvalue weighted by atomic mass is 16.3. The number of hydrogen-bond donors (Lipinski definition) is 3. The predicted octanol–water partition coefficient (Wildman–Crippen LogP) is 0.637. The fourth-order valence-electron chi connectivity index (χ4n) is 0.796. The summed E-state index contributed by atoms with van der Waals surface area (Å²) in [6.45, 7) is 10.7. The van der Waals surface area contributed by atoms with Gasteiger partial charge in [-0.05, 0) is 41.5 Å². The monoisotopic (exact) mass is 216 g/mol. The Hall–Kier alpha value is -0.610. The summed E-state index contributed by atoms with van der Waals surface area (Å²) in [6, 6.07) is 0. The van der Waals surface area contributed by atoms with E-state index in [4.69, 9.17) is 10.8 Å². The van der Waals surface area contributed by atoms with E-state index in [0.717, 1.165) is 0 Å². The first-order valence-corrected chi connectivity index (χ1v) is 5.16. The molecule has 0 saturated carbocycles. The zero-order chi connectivity index (χ0) is 12.5. The Morgan fingerprint density at radius 3 is 1.87 bits per heavy atom. The van der Waals surface area contributed by atoms with E-state index in [0.29, 0.717) is 0 Å². The number of hydrogen-bond acceptors (Lipinski definition) is 3. The standard InChI is InChI=1S/C11H24N2O2/c1-9(2,7-14)13-8(15)10(3,4)11(5,6)12/h14H,7,12H2,1-6H3,(H,13,15). The van der Waals surface area contributed by atoms with Gasteiger partial charge in [0.15, 0.2) is 0 Å². The molecule has 0 aromatic rings. The highest BCUT2D eigenvalue weighted by molar-refractivity contribution is 5.83. The molecule has 0 unspecified atom stereocenters. The largest absolute Gasteiger partial charge is 0.394 e.